The molecule has 0 saturated carbocycles. The first-order chi connectivity index (χ1) is 6.87. The number of ketones is 1. The normalized spacial score (nSPS) is 30.1. The van der Waals surface area contributed by atoms with Crippen LogP contribution >= 0.6 is 0 Å². The maximum atomic E-state index is 11.4. The van der Waals surface area contributed by atoms with Gasteiger partial charge in [0.25, 0.3) is 0 Å². The zero-order valence-corrected chi connectivity index (χ0v) is 8.52. The van der Waals surface area contributed by atoms with E-state index in [1.807, 2.05) is 0 Å². The summed E-state index contributed by atoms with van der Waals surface area (Å²) in [4.78, 5) is 22.5. The largest absolute Gasteiger partial charge is 0.466 e. The molecule has 1 N–H and O–H groups in total. The van der Waals surface area contributed by atoms with E-state index in [1.54, 1.807) is 0 Å². The Labute approximate surface area is 87.0 Å². The highest BCUT2D eigenvalue weighted by Gasteiger charge is 2.35. The summed E-state index contributed by atoms with van der Waals surface area (Å²) in [5, 5.41) is 9.51. The lowest BCUT2D eigenvalue weighted by molar-refractivity contribution is -0.187. The Morgan fingerprint density at radius 1 is 1.73 bits per heavy atom. The molecule has 0 radical (unpaired) electrons. The fourth-order valence-electron chi connectivity index (χ4n) is 1.14. The third-order valence-electron chi connectivity index (χ3n) is 1.94. The minimum atomic E-state index is -1.57. The van der Waals surface area contributed by atoms with Gasteiger partial charge in [0.2, 0.25) is 0 Å². The van der Waals surface area contributed by atoms with E-state index in [0.29, 0.717) is 0 Å². The van der Waals surface area contributed by atoms with Crippen LogP contribution in [-0.4, -0.2) is 35.9 Å². The molecule has 5 nitrogen and oxygen atoms in total. The van der Waals surface area contributed by atoms with Crippen molar-refractivity contribution in [2.75, 3.05) is 7.11 Å². The smallest absolute Gasteiger partial charge is 0.336 e. The highest BCUT2D eigenvalue weighted by atomic mass is 16.6. The van der Waals surface area contributed by atoms with Gasteiger partial charge in [-0.25, -0.2) is 4.79 Å². The summed E-state index contributed by atoms with van der Waals surface area (Å²) in [5.41, 5.74) is -0.132. The van der Waals surface area contributed by atoms with Gasteiger partial charge in [-0.15, -0.1) is 0 Å². The van der Waals surface area contributed by atoms with Crippen LogP contribution in [0.5, 0.6) is 0 Å². The van der Waals surface area contributed by atoms with E-state index in [-0.39, 0.29) is 5.57 Å². The van der Waals surface area contributed by atoms with Gasteiger partial charge in [-0.2, -0.15) is 0 Å². The summed E-state index contributed by atoms with van der Waals surface area (Å²) in [6.45, 7) is 4.75. The lowest BCUT2D eigenvalue weighted by Gasteiger charge is -2.29. The minimum absolute atomic E-state index is 0.132. The van der Waals surface area contributed by atoms with Crippen LogP contribution in [0.15, 0.2) is 24.3 Å². The van der Waals surface area contributed by atoms with Crippen molar-refractivity contribution in [1.82, 2.24) is 0 Å². The number of hydrogen-bond donors (Lipinski definition) is 1. The molecule has 1 rings (SSSR count). The first-order valence-electron chi connectivity index (χ1n) is 4.28. The molecule has 2 atom stereocenters. The molecule has 0 fully saturated rings. The molecule has 5 heteroatoms. The fraction of sp³-hybridized carbons (Fsp3) is 0.400. The molecular weight excluding hydrogens is 200 g/mol. The van der Waals surface area contributed by atoms with Crippen molar-refractivity contribution in [1.29, 1.82) is 0 Å². The van der Waals surface area contributed by atoms with Crippen LogP contribution in [0.3, 0.4) is 0 Å². The van der Waals surface area contributed by atoms with E-state index in [1.165, 1.54) is 20.1 Å². The zero-order valence-electron chi connectivity index (χ0n) is 8.52. The quantitative estimate of drug-likeness (QED) is 0.513. The van der Waals surface area contributed by atoms with E-state index in [4.69, 9.17) is 4.74 Å². The van der Waals surface area contributed by atoms with E-state index >= 15 is 0 Å². The van der Waals surface area contributed by atoms with Crippen LogP contribution in [0.2, 0.25) is 0 Å². The summed E-state index contributed by atoms with van der Waals surface area (Å²) in [6, 6.07) is 0. The monoisotopic (exact) mass is 212 g/mol. The van der Waals surface area contributed by atoms with Gasteiger partial charge in [-0.3, -0.25) is 4.79 Å². The van der Waals surface area contributed by atoms with Crippen molar-refractivity contribution in [3.05, 3.63) is 24.3 Å². The van der Waals surface area contributed by atoms with Crippen LogP contribution in [0.25, 0.3) is 0 Å². The molecule has 1 heterocycles. The van der Waals surface area contributed by atoms with Gasteiger partial charge in [0.15, 0.2) is 17.7 Å². The molecule has 0 aromatic heterocycles. The number of ether oxygens (including phenoxy) is 2. The molecule has 0 aromatic rings. The summed E-state index contributed by atoms with van der Waals surface area (Å²) < 4.78 is 9.39. The fourth-order valence-corrected chi connectivity index (χ4v) is 1.14. The Bertz CT molecular complexity index is 340. The molecule has 0 saturated heterocycles. The highest BCUT2D eigenvalue weighted by molar-refractivity contribution is 6.04. The molecule has 82 valence electrons. The number of hydrogen-bond acceptors (Lipinski definition) is 5. The van der Waals surface area contributed by atoms with Gasteiger partial charge in [-0.1, -0.05) is 6.58 Å². The van der Waals surface area contributed by atoms with Gasteiger partial charge in [0.1, 0.15) is 0 Å². The standard InChI is InChI=1S/C10H12O5/c1-6(9(12)14-3)8-7(11)4-5-10(2,13)15-8/h4-5,8,13H,1H2,2-3H3/t8-,10+/m1/s1. The highest BCUT2D eigenvalue weighted by Crippen LogP contribution is 2.22. The van der Waals surface area contributed by atoms with E-state index in [9.17, 15) is 14.7 Å². The Hall–Kier alpha value is -1.46. The summed E-state index contributed by atoms with van der Waals surface area (Å²) in [5.74, 6) is -2.76. The predicted octanol–water partition coefficient (Wildman–Crippen LogP) is -0.0518. The maximum absolute atomic E-state index is 11.4. The second-order valence-corrected chi connectivity index (χ2v) is 3.31. The van der Waals surface area contributed by atoms with E-state index in [2.05, 4.69) is 11.3 Å². The molecular formula is C10H12O5. The molecule has 0 unspecified atom stereocenters. The number of rotatable bonds is 2. The third-order valence-corrected chi connectivity index (χ3v) is 1.94. The van der Waals surface area contributed by atoms with Crippen LogP contribution < -0.4 is 0 Å². The summed E-state index contributed by atoms with van der Waals surface area (Å²) in [7, 11) is 1.18. The van der Waals surface area contributed by atoms with Crippen molar-refractivity contribution < 1.29 is 24.2 Å². The molecule has 0 spiro atoms. The summed E-state index contributed by atoms with van der Waals surface area (Å²) in [6.07, 6.45) is 1.18. The lowest BCUT2D eigenvalue weighted by atomic mass is 10.0. The molecule has 1 aliphatic heterocycles. The van der Waals surface area contributed by atoms with Crippen molar-refractivity contribution in [3.63, 3.8) is 0 Å². The van der Waals surface area contributed by atoms with Gasteiger partial charge < -0.3 is 14.6 Å². The molecule has 0 amide bonds. The first-order valence-corrected chi connectivity index (χ1v) is 4.28. The number of carbonyl (C=O) groups is 2. The van der Waals surface area contributed by atoms with Crippen molar-refractivity contribution in [2.45, 2.75) is 18.8 Å². The first kappa shape index (κ1) is 11.6. The van der Waals surface area contributed by atoms with Crippen molar-refractivity contribution >= 4 is 11.8 Å². The second-order valence-electron chi connectivity index (χ2n) is 3.31. The van der Waals surface area contributed by atoms with Gasteiger partial charge in [0.05, 0.1) is 12.7 Å². The maximum Gasteiger partial charge on any atom is 0.336 e. The Kier molecular flexibility index (Phi) is 3.06. The number of aliphatic hydroxyl groups is 1. The van der Waals surface area contributed by atoms with E-state index < -0.39 is 23.6 Å². The average Bonchev–Trinajstić information content (AvgIpc) is 2.19. The second kappa shape index (κ2) is 3.96. The molecule has 0 aliphatic carbocycles. The van der Waals surface area contributed by atoms with Crippen LogP contribution in [-0.2, 0) is 19.1 Å². The van der Waals surface area contributed by atoms with Gasteiger partial charge >= 0.3 is 5.97 Å². The number of esters is 1. The van der Waals surface area contributed by atoms with Crippen LogP contribution in [0.4, 0.5) is 0 Å². The minimum Gasteiger partial charge on any atom is -0.466 e. The van der Waals surface area contributed by atoms with Crippen molar-refractivity contribution in [2.24, 2.45) is 0 Å². The molecule has 0 aromatic carbocycles. The van der Waals surface area contributed by atoms with Crippen molar-refractivity contribution in [3.8, 4) is 0 Å². The average molecular weight is 212 g/mol. The van der Waals surface area contributed by atoms with Gasteiger partial charge in [0, 0.05) is 0 Å². The van der Waals surface area contributed by atoms with E-state index in [0.717, 1.165) is 6.08 Å². The SMILES string of the molecule is C=C(C(=O)OC)[C@H]1O[C@](C)(O)C=CC1=O. The Balaban J connectivity index is 2.88. The Morgan fingerprint density at radius 2 is 2.33 bits per heavy atom. The molecule has 1 aliphatic rings. The lowest BCUT2D eigenvalue weighted by Crippen LogP contribution is -2.41. The predicted molar refractivity (Wildman–Crippen MR) is 50.8 cm³/mol. The zero-order chi connectivity index (χ0) is 11.6. The van der Waals surface area contributed by atoms with Crippen LogP contribution in [0, 0.1) is 0 Å². The number of carbonyl (C=O) groups excluding carboxylic acids is 2. The molecule has 0 bridgehead atoms. The van der Waals surface area contributed by atoms with Gasteiger partial charge in [-0.05, 0) is 19.1 Å². The summed E-state index contributed by atoms with van der Waals surface area (Å²) >= 11 is 0. The number of methoxy groups -OCH3 is 1. The molecule has 15 heavy (non-hydrogen) atoms. The van der Waals surface area contributed by atoms with Crippen LogP contribution in [0.1, 0.15) is 6.92 Å². The third kappa shape index (κ3) is 2.51. The topological polar surface area (TPSA) is 72.8 Å². The Morgan fingerprint density at radius 3 is 2.87 bits per heavy atom.